The van der Waals surface area contributed by atoms with E-state index in [0.29, 0.717) is 11.6 Å². The van der Waals surface area contributed by atoms with Crippen molar-refractivity contribution >= 4 is 18.4 Å². The van der Waals surface area contributed by atoms with Gasteiger partial charge in [0.15, 0.2) is 11.6 Å². The molecule has 1 atom stereocenters. The van der Waals surface area contributed by atoms with Crippen LogP contribution in [0.15, 0.2) is 24.5 Å². The van der Waals surface area contributed by atoms with Gasteiger partial charge in [0.2, 0.25) is 0 Å². The first-order valence-corrected chi connectivity index (χ1v) is 8.36. The number of aryl methyl sites for hydroxylation is 1. The van der Waals surface area contributed by atoms with Crippen LogP contribution in [0.4, 0.5) is 5.82 Å². The molecule has 0 bridgehead atoms. The number of rotatable bonds is 4. The fourth-order valence-corrected chi connectivity index (χ4v) is 2.57. The van der Waals surface area contributed by atoms with Crippen molar-refractivity contribution in [1.29, 1.82) is 0 Å². The van der Waals surface area contributed by atoms with E-state index in [1.165, 1.54) is 0 Å². The third-order valence-corrected chi connectivity index (χ3v) is 4.88. The van der Waals surface area contributed by atoms with Crippen LogP contribution < -0.4 is 15.9 Å². The summed E-state index contributed by atoms with van der Waals surface area (Å²) in [6.45, 7) is 9.97. The van der Waals surface area contributed by atoms with Crippen molar-refractivity contribution in [2.24, 2.45) is 7.05 Å². The molecule has 7 nitrogen and oxygen atoms in total. The molecule has 8 heteroatoms. The van der Waals surface area contributed by atoms with Gasteiger partial charge in [-0.15, -0.1) is 0 Å². The Hall–Kier alpha value is -2.06. The summed E-state index contributed by atoms with van der Waals surface area (Å²) in [5, 5.41) is 4.36. The first kappa shape index (κ1) is 17.8. The highest BCUT2D eigenvalue weighted by Gasteiger charge is 2.52. The Kier molecular flexibility index (Phi) is 4.29. The molecule has 0 aromatic carbocycles. The molecule has 0 unspecified atom stereocenters. The summed E-state index contributed by atoms with van der Waals surface area (Å²) in [4.78, 5) is 4.24. The second kappa shape index (κ2) is 6.03. The highest BCUT2D eigenvalue weighted by Crippen LogP contribution is 2.36. The zero-order valence-electron chi connectivity index (χ0n) is 15.6. The SMILES string of the molecule is C[C@@H](Oc1cc(B2OC(C)(C)C(C)(C)O2)cnc1N)c1ccn(C)n1. The number of nitrogens with zero attached hydrogens (tertiary/aromatic N) is 3. The second-order valence-corrected chi connectivity index (χ2v) is 7.41. The Morgan fingerprint density at radius 1 is 1.24 bits per heavy atom. The van der Waals surface area contributed by atoms with E-state index >= 15 is 0 Å². The van der Waals surface area contributed by atoms with Gasteiger partial charge in [-0.1, -0.05) is 0 Å². The largest absolute Gasteiger partial charge is 0.496 e. The van der Waals surface area contributed by atoms with Crippen LogP contribution in [0.25, 0.3) is 0 Å². The van der Waals surface area contributed by atoms with Gasteiger partial charge in [-0.2, -0.15) is 5.10 Å². The summed E-state index contributed by atoms with van der Waals surface area (Å²) in [5.41, 5.74) is 6.75. The Bertz CT molecular complexity index is 759. The predicted octanol–water partition coefficient (Wildman–Crippen LogP) is 1.84. The van der Waals surface area contributed by atoms with Gasteiger partial charge in [0.25, 0.3) is 0 Å². The molecule has 0 saturated carbocycles. The van der Waals surface area contributed by atoms with Crippen LogP contribution >= 0.6 is 0 Å². The van der Waals surface area contributed by atoms with Gasteiger partial charge in [0, 0.05) is 24.9 Å². The zero-order valence-corrected chi connectivity index (χ0v) is 15.6. The van der Waals surface area contributed by atoms with Crippen LogP contribution in [0, 0.1) is 0 Å². The molecule has 1 aliphatic rings. The standard InChI is InChI=1S/C17H25BN4O3/c1-11(13-7-8-22(6)21-13)23-14-9-12(10-20-15(14)19)18-24-16(2,3)17(4,5)25-18/h7-11H,1-6H3,(H2,19,20)/t11-/m1/s1. The lowest BCUT2D eigenvalue weighted by molar-refractivity contribution is 0.00578. The minimum absolute atomic E-state index is 0.251. The zero-order chi connectivity index (χ0) is 18.4. The lowest BCUT2D eigenvalue weighted by Crippen LogP contribution is -2.41. The molecule has 1 saturated heterocycles. The van der Waals surface area contributed by atoms with Gasteiger partial charge < -0.3 is 19.8 Å². The smallest absolute Gasteiger partial charge is 0.480 e. The highest BCUT2D eigenvalue weighted by atomic mass is 16.7. The summed E-state index contributed by atoms with van der Waals surface area (Å²) in [6.07, 6.45) is 3.28. The van der Waals surface area contributed by atoms with Crippen molar-refractivity contribution in [3.63, 3.8) is 0 Å². The van der Waals surface area contributed by atoms with Crippen molar-refractivity contribution in [2.75, 3.05) is 5.73 Å². The van der Waals surface area contributed by atoms with Crippen LogP contribution in [0.1, 0.15) is 46.4 Å². The number of hydrogen-bond donors (Lipinski definition) is 1. The molecule has 1 fully saturated rings. The maximum atomic E-state index is 6.06. The summed E-state index contributed by atoms with van der Waals surface area (Å²) in [5.74, 6) is 0.813. The number of nitrogen functional groups attached to an aromatic ring is 1. The molecule has 25 heavy (non-hydrogen) atoms. The average Bonchev–Trinajstić information content (AvgIpc) is 3.03. The van der Waals surface area contributed by atoms with E-state index in [0.717, 1.165) is 11.2 Å². The summed E-state index contributed by atoms with van der Waals surface area (Å²) in [7, 11) is 1.36. The van der Waals surface area contributed by atoms with Gasteiger partial charge in [-0.05, 0) is 46.8 Å². The van der Waals surface area contributed by atoms with Gasteiger partial charge in [-0.25, -0.2) is 4.98 Å². The first-order valence-electron chi connectivity index (χ1n) is 8.36. The Morgan fingerprint density at radius 3 is 2.44 bits per heavy atom. The van der Waals surface area contributed by atoms with E-state index in [-0.39, 0.29) is 6.10 Å². The third kappa shape index (κ3) is 3.36. The minimum atomic E-state index is -0.509. The molecule has 3 rings (SSSR count). The fourth-order valence-electron chi connectivity index (χ4n) is 2.57. The van der Waals surface area contributed by atoms with E-state index in [1.54, 1.807) is 10.9 Å². The molecule has 0 aliphatic carbocycles. The van der Waals surface area contributed by atoms with Crippen molar-refractivity contribution in [1.82, 2.24) is 14.8 Å². The monoisotopic (exact) mass is 344 g/mol. The molecular formula is C17H25BN4O3. The van der Waals surface area contributed by atoms with Gasteiger partial charge >= 0.3 is 7.12 Å². The van der Waals surface area contributed by atoms with E-state index < -0.39 is 18.3 Å². The maximum Gasteiger partial charge on any atom is 0.496 e. The van der Waals surface area contributed by atoms with E-state index in [4.69, 9.17) is 19.8 Å². The van der Waals surface area contributed by atoms with E-state index in [9.17, 15) is 0 Å². The summed E-state index contributed by atoms with van der Waals surface area (Å²) < 4.78 is 19.8. The van der Waals surface area contributed by atoms with Gasteiger partial charge in [0.1, 0.15) is 11.8 Å². The average molecular weight is 344 g/mol. The number of anilines is 1. The number of ether oxygens (including phenoxy) is 1. The minimum Gasteiger partial charge on any atom is -0.480 e. The lowest BCUT2D eigenvalue weighted by Gasteiger charge is -2.32. The molecule has 2 N–H and O–H groups in total. The molecule has 2 aromatic heterocycles. The number of hydrogen-bond acceptors (Lipinski definition) is 6. The molecule has 3 heterocycles. The van der Waals surface area contributed by atoms with Crippen LogP contribution in [-0.2, 0) is 16.4 Å². The molecular weight excluding hydrogens is 319 g/mol. The van der Waals surface area contributed by atoms with Crippen LogP contribution in [-0.4, -0.2) is 33.1 Å². The fraction of sp³-hybridized carbons (Fsp3) is 0.529. The third-order valence-electron chi connectivity index (χ3n) is 4.88. The Morgan fingerprint density at radius 2 is 1.88 bits per heavy atom. The van der Waals surface area contributed by atoms with Crippen molar-refractivity contribution in [2.45, 2.75) is 51.9 Å². The van der Waals surface area contributed by atoms with Crippen molar-refractivity contribution in [3.05, 3.63) is 30.2 Å². The molecule has 0 radical (unpaired) electrons. The normalized spacial score (nSPS) is 19.8. The van der Waals surface area contributed by atoms with Crippen molar-refractivity contribution in [3.8, 4) is 5.75 Å². The highest BCUT2D eigenvalue weighted by molar-refractivity contribution is 6.62. The maximum absolute atomic E-state index is 6.06. The van der Waals surface area contributed by atoms with Crippen LogP contribution in [0.2, 0.25) is 0 Å². The summed E-state index contributed by atoms with van der Waals surface area (Å²) in [6, 6.07) is 3.73. The molecule has 0 spiro atoms. The number of nitrogens with two attached hydrogens (primary N) is 1. The number of pyridine rings is 1. The quantitative estimate of drug-likeness (QED) is 0.852. The van der Waals surface area contributed by atoms with Crippen LogP contribution in [0.3, 0.4) is 0 Å². The topological polar surface area (TPSA) is 84.4 Å². The lowest BCUT2D eigenvalue weighted by atomic mass is 9.80. The Balaban J connectivity index is 1.82. The molecule has 134 valence electrons. The second-order valence-electron chi connectivity index (χ2n) is 7.41. The number of aromatic nitrogens is 3. The van der Waals surface area contributed by atoms with Crippen molar-refractivity contribution < 1.29 is 14.0 Å². The first-order chi connectivity index (χ1) is 11.6. The van der Waals surface area contributed by atoms with E-state index in [1.807, 2.05) is 60.0 Å². The molecule has 2 aromatic rings. The Labute approximate surface area is 148 Å². The molecule has 1 aliphatic heterocycles. The van der Waals surface area contributed by atoms with E-state index in [2.05, 4.69) is 10.1 Å². The van der Waals surface area contributed by atoms with Crippen LogP contribution in [0.5, 0.6) is 5.75 Å². The van der Waals surface area contributed by atoms with Gasteiger partial charge in [0.05, 0.1) is 11.2 Å². The summed E-state index contributed by atoms with van der Waals surface area (Å²) >= 11 is 0. The molecule has 0 amide bonds. The predicted molar refractivity (Wildman–Crippen MR) is 96.6 cm³/mol. The van der Waals surface area contributed by atoms with Gasteiger partial charge in [-0.3, -0.25) is 4.68 Å².